The Morgan fingerprint density at radius 3 is 1.95 bits per heavy atom. The molecule has 2 saturated carbocycles. The van der Waals surface area contributed by atoms with Gasteiger partial charge in [0.25, 0.3) is 0 Å². The van der Waals surface area contributed by atoms with Gasteiger partial charge in [0.2, 0.25) is 0 Å². The van der Waals surface area contributed by atoms with E-state index in [1.165, 1.54) is 51.4 Å². The lowest BCUT2D eigenvalue weighted by atomic mass is 9.73. The molecule has 0 amide bonds. The van der Waals surface area contributed by atoms with Crippen LogP contribution in [0.25, 0.3) is 0 Å². The molecule has 2 aliphatic rings. The number of carboxylic acid groups (broad SMARTS) is 1. The summed E-state index contributed by atoms with van der Waals surface area (Å²) in [7, 11) is 0. The van der Waals surface area contributed by atoms with Crippen molar-refractivity contribution in [2.75, 3.05) is 0 Å². The van der Waals surface area contributed by atoms with Crippen LogP contribution in [0.1, 0.15) is 71.1 Å². The molecular weight excluding hydrogens is 260 g/mol. The minimum atomic E-state index is -0.690. The third-order valence-corrected chi connectivity index (χ3v) is 6.06. The number of hydrogen-bond donors (Lipinski definition) is 1. The Morgan fingerprint density at radius 2 is 1.52 bits per heavy atom. The number of hydrogen-bond acceptors (Lipinski definition) is 1. The van der Waals surface area contributed by atoms with E-state index in [9.17, 15) is 9.90 Å². The second-order valence-corrected chi connectivity index (χ2v) is 7.58. The minimum Gasteiger partial charge on any atom is -0.481 e. The Labute approximate surface area is 130 Å². The summed E-state index contributed by atoms with van der Waals surface area (Å²) in [6.45, 7) is 6.08. The molecule has 0 radical (unpaired) electrons. The summed E-state index contributed by atoms with van der Waals surface area (Å²) in [6.07, 6.45) is 14.8. The van der Waals surface area contributed by atoms with E-state index in [0.29, 0.717) is 5.92 Å². The van der Waals surface area contributed by atoms with E-state index in [1.54, 1.807) is 6.08 Å². The molecule has 0 aromatic carbocycles. The van der Waals surface area contributed by atoms with Crippen LogP contribution in [0, 0.1) is 29.6 Å². The average molecular weight is 292 g/mol. The summed E-state index contributed by atoms with van der Waals surface area (Å²) in [5, 5.41) is 9.22. The first-order valence-electron chi connectivity index (χ1n) is 8.95. The van der Waals surface area contributed by atoms with Crippen LogP contribution < -0.4 is 0 Å². The van der Waals surface area contributed by atoms with E-state index < -0.39 is 5.97 Å². The lowest BCUT2D eigenvalue weighted by Crippen LogP contribution is -2.26. The molecule has 0 heterocycles. The molecule has 0 bridgehead atoms. The molecule has 2 fully saturated rings. The van der Waals surface area contributed by atoms with Crippen molar-refractivity contribution in [1.29, 1.82) is 0 Å². The highest BCUT2D eigenvalue weighted by Gasteiger charge is 2.30. The van der Waals surface area contributed by atoms with Crippen LogP contribution in [-0.4, -0.2) is 11.1 Å². The van der Waals surface area contributed by atoms with Gasteiger partial charge in [-0.1, -0.05) is 64.4 Å². The number of aliphatic carboxylic acids is 1. The molecule has 21 heavy (non-hydrogen) atoms. The molecule has 0 aromatic heterocycles. The van der Waals surface area contributed by atoms with Crippen molar-refractivity contribution in [1.82, 2.24) is 0 Å². The SMILES string of the molecule is C=CC(C(=O)O)C1CCC(CC[C@H]2CC[C@H](C)CC2)CC1. The van der Waals surface area contributed by atoms with Crippen molar-refractivity contribution in [3.05, 3.63) is 12.7 Å². The van der Waals surface area contributed by atoms with Gasteiger partial charge in [0, 0.05) is 0 Å². The van der Waals surface area contributed by atoms with Crippen LogP contribution in [-0.2, 0) is 4.79 Å². The van der Waals surface area contributed by atoms with E-state index in [1.807, 2.05) is 0 Å². The molecule has 1 N–H and O–H groups in total. The Hall–Kier alpha value is -0.790. The van der Waals surface area contributed by atoms with Gasteiger partial charge in [-0.05, 0) is 36.5 Å². The van der Waals surface area contributed by atoms with Crippen molar-refractivity contribution in [3.63, 3.8) is 0 Å². The zero-order chi connectivity index (χ0) is 15.2. The second-order valence-electron chi connectivity index (χ2n) is 7.58. The van der Waals surface area contributed by atoms with Gasteiger partial charge in [0.1, 0.15) is 0 Å². The van der Waals surface area contributed by atoms with Crippen LogP contribution in [0.4, 0.5) is 0 Å². The maximum absolute atomic E-state index is 11.2. The van der Waals surface area contributed by atoms with Gasteiger partial charge < -0.3 is 5.11 Å². The quantitative estimate of drug-likeness (QED) is 0.676. The highest BCUT2D eigenvalue weighted by molar-refractivity contribution is 5.72. The Balaban J connectivity index is 1.67. The van der Waals surface area contributed by atoms with Crippen LogP contribution in [0.15, 0.2) is 12.7 Å². The summed E-state index contributed by atoms with van der Waals surface area (Å²) in [5.41, 5.74) is 0. The smallest absolute Gasteiger partial charge is 0.310 e. The van der Waals surface area contributed by atoms with E-state index >= 15 is 0 Å². The fraction of sp³-hybridized carbons (Fsp3) is 0.842. The van der Waals surface area contributed by atoms with Crippen molar-refractivity contribution < 1.29 is 9.90 Å². The van der Waals surface area contributed by atoms with Crippen molar-refractivity contribution >= 4 is 5.97 Å². The van der Waals surface area contributed by atoms with Crippen molar-refractivity contribution in [2.24, 2.45) is 29.6 Å². The molecular formula is C19H32O2. The fourth-order valence-corrected chi connectivity index (χ4v) is 4.42. The molecule has 2 heteroatoms. The predicted molar refractivity (Wildman–Crippen MR) is 87.1 cm³/mol. The second kappa shape index (κ2) is 8.00. The standard InChI is InChI=1S/C19H32O2/c1-3-18(19(20)21)17-12-10-16(11-13-17)9-8-15-6-4-14(2)5-7-15/h3,14-18H,1,4-13H2,2H3,(H,20,21)/t14-,15-,16?,17?,18?. The van der Waals surface area contributed by atoms with Gasteiger partial charge in [-0.15, -0.1) is 6.58 Å². The predicted octanol–water partition coefficient (Wildman–Crippen LogP) is 5.29. The highest BCUT2D eigenvalue weighted by Crippen LogP contribution is 2.38. The van der Waals surface area contributed by atoms with Gasteiger partial charge in [-0.2, -0.15) is 0 Å². The van der Waals surface area contributed by atoms with E-state index in [4.69, 9.17) is 0 Å². The molecule has 0 saturated heterocycles. The molecule has 1 unspecified atom stereocenters. The van der Waals surface area contributed by atoms with E-state index in [-0.39, 0.29) is 5.92 Å². The van der Waals surface area contributed by atoms with Crippen molar-refractivity contribution in [3.8, 4) is 0 Å². The normalized spacial score (nSPS) is 35.1. The van der Waals surface area contributed by atoms with Gasteiger partial charge in [0.05, 0.1) is 5.92 Å². The molecule has 2 nitrogen and oxygen atoms in total. The Kier molecular flexibility index (Phi) is 6.32. The highest BCUT2D eigenvalue weighted by atomic mass is 16.4. The molecule has 2 rings (SSSR count). The number of carbonyl (C=O) groups is 1. The van der Waals surface area contributed by atoms with Gasteiger partial charge in [-0.25, -0.2) is 0 Å². The molecule has 120 valence electrons. The monoisotopic (exact) mass is 292 g/mol. The lowest BCUT2D eigenvalue weighted by Gasteiger charge is -2.32. The number of carboxylic acids is 1. The Bertz CT molecular complexity index is 333. The summed E-state index contributed by atoms with van der Waals surface area (Å²) in [5.74, 6) is 2.07. The molecule has 0 aromatic rings. The first-order chi connectivity index (χ1) is 10.1. The molecule has 0 aliphatic heterocycles. The van der Waals surface area contributed by atoms with Crippen LogP contribution in [0.3, 0.4) is 0 Å². The minimum absolute atomic E-state index is 0.326. The van der Waals surface area contributed by atoms with E-state index in [0.717, 1.165) is 30.6 Å². The van der Waals surface area contributed by atoms with Gasteiger partial charge in [0.15, 0.2) is 0 Å². The molecule has 0 spiro atoms. The van der Waals surface area contributed by atoms with Gasteiger partial charge in [-0.3, -0.25) is 4.79 Å². The van der Waals surface area contributed by atoms with Crippen LogP contribution in [0.2, 0.25) is 0 Å². The zero-order valence-electron chi connectivity index (χ0n) is 13.6. The average Bonchev–Trinajstić information content (AvgIpc) is 2.48. The van der Waals surface area contributed by atoms with Gasteiger partial charge >= 0.3 is 5.97 Å². The Morgan fingerprint density at radius 1 is 1.05 bits per heavy atom. The van der Waals surface area contributed by atoms with Crippen molar-refractivity contribution in [2.45, 2.75) is 71.1 Å². The first kappa shape index (κ1) is 16.6. The third-order valence-electron chi connectivity index (χ3n) is 6.06. The zero-order valence-corrected chi connectivity index (χ0v) is 13.6. The fourth-order valence-electron chi connectivity index (χ4n) is 4.42. The maximum atomic E-state index is 11.2. The third kappa shape index (κ3) is 4.86. The summed E-state index contributed by atoms with van der Waals surface area (Å²) >= 11 is 0. The topological polar surface area (TPSA) is 37.3 Å². The maximum Gasteiger partial charge on any atom is 0.310 e. The lowest BCUT2D eigenvalue weighted by molar-refractivity contribution is -0.142. The van der Waals surface area contributed by atoms with Crippen LogP contribution >= 0.6 is 0 Å². The van der Waals surface area contributed by atoms with E-state index in [2.05, 4.69) is 13.5 Å². The summed E-state index contributed by atoms with van der Waals surface area (Å²) in [6, 6.07) is 0. The van der Waals surface area contributed by atoms with Crippen LogP contribution in [0.5, 0.6) is 0 Å². The molecule has 2 aliphatic carbocycles. The first-order valence-corrected chi connectivity index (χ1v) is 8.95. The largest absolute Gasteiger partial charge is 0.481 e. The number of rotatable bonds is 6. The summed E-state index contributed by atoms with van der Waals surface area (Å²) < 4.78 is 0. The summed E-state index contributed by atoms with van der Waals surface area (Å²) in [4.78, 5) is 11.2. The molecule has 1 atom stereocenters.